The molecule has 0 radical (unpaired) electrons. The summed E-state index contributed by atoms with van der Waals surface area (Å²) in [5.41, 5.74) is 2.99. The number of hydrogen-bond donors (Lipinski definition) is 3. The normalized spacial score (nSPS) is 22.7. The zero-order valence-corrected chi connectivity index (χ0v) is 31.7. The van der Waals surface area contributed by atoms with Crippen molar-refractivity contribution >= 4 is 56.7 Å². The van der Waals surface area contributed by atoms with Crippen LogP contribution in [0.4, 0.5) is 0 Å². The number of carbonyl (C=O) groups excluding carboxylic acids is 5. The molecule has 286 valence electrons. The van der Waals surface area contributed by atoms with Gasteiger partial charge in [0.1, 0.15) is 22.9 Å². The van der Waals surface area contributed by atoms with Crippen molar-refractivity contribution in [2.75, 3.05) is 18.1 Å². The van der Waals surface area contributed by atoms with E-state index in [0.717, 1.165) is 32.1 Å². The minimum atomic E-state index is -3.47. The van der Waals surface area contributed by atoms with Gasteiger partial charge in [-0.2, -0.15) is 11.8 Å². The lowest BCUT2D eigenvalue weighted by Gasteiger charge is -2.37. The van der Waals surface area contributed by atoms with Crippen molar-refractivity contribution < 1.29 is 37.5 Å². The Morgan fingerprint density at radius 3 is 2.30 bits per heavy atom. The van der Waals surface area contributed by atoms with Gasteiger partial charge < -0.3 is 21.1 Å². The summed E-state index contributed by atoms with van der Waals surface area (Å²) in [5, 5.41) is 21.5. The number of hydrogen-bond acceptors (Lipinski definition) is 11. The number of amides is 4. The van der Waals surface area contributed by atoms with Crippen LogP contribution in [0.25, 0.3) is 0 Å². The van der Waals surface area contributed by atoms with Crippen LogP contribution in [-0.4, -0.2) is 103 Å². The van der Waals surface area contributed by atoms with Crippen LogP contribution < -0.4 is 11.1 Å². The van der Waals surface area contributed by atoms with Gasteiger partial charge in [0.2, 0.25) is 11.7 Å². The highest BCUT2D eigenvalue weighted by molar-refractivity contribution is 7.99. The minimum Gasteiger partial charge on any atom is -0.384 e. The van der Waals surface area contributed by atoms with Crippen molar-refractivity contribution in [1.82, 2.24) is 25.2 Å². The molecule has 4 fully saturated rings. The highest BCUT2D eigenvalue weighted by Gasteiger charge is 2.49. The molecule has 53 heavy (non-hydrogen) atoms. The van der Waals surface area contributed by atoms with Gasteiger partial charge in [0.05, 0.1) is 28.1 Å². The molecule has 4 N–H and O–H groups in total. The molecule has 2 aliphatic heterocycles. The number of nitrogens with one attached hydrogen (secondary N) is 1. The molecule has 2 aromatic rings. The predicted molar refractivity (Wildman–Crippen MR) is 196 cm³/mol. The number of benzene rings is 1. The van der Waals surface area contributed by atoms with Gasteiger partial charge in [0, 0.05) is 18.5 Å². The second kappa shape index (κ2) is 15.4. The number of aliphatic imine (C=N–C) groups is 1. The number of likely N-dealkylation sites (tertiary alicyclic amines) is 1. The van der Waals surface area contributed by atoms with Crippen LogP contribution in [0.3, 0.4) is 0 Å². The summed E-state index contributed by atoms with van der Waals surface area (Å²) in [4.78, 5) is 73.8. The first-order valence-corrected chi connectivity index (χ1v) is 20.9. The van der Waals surface area contributed by atoms with Gasteiger partial charge in [0.15, 0.2) is 9.84 Å². The molecule has 15 nitrogen and oxygen atoms in total. The SMILES string of the molecule is CC(C)(O)c1cnnn1[C@H]1C[C@@H](C(=O)NC2(C(=O)C(N)=O)CCSCC2)N(C(=O)/C(CC2CCCCC2)=N/C(=O)c2ccc(S(=O)(=O)C3CC3)cc2)C1. The molecule has 0 bridgehead atoms. The average Bonchev–Trinajstić information content (AvgIpc) is 3.71. The minimum absolute atomic E-state index is 0.0290. The molecule has 2 saturated carbocycles. The van der Waals surface area contributed by atoms with Crippen molar-refractivity contribution in [3.63, 3.8) is 0 Å². The molecule has 1 aromatic heterocycles. The fourth-order valence-corrected chi connectivity index (χ4v) is 10.5. The fourth-order valence-electron chi connectivity index (χ4n) is 7.66. The largest absolute Gasteiger partial charge is 0.384 e. The van der Waals surface area contributed by atoms with E-state index < -0.39 is 67.7 Å². The Bertz CT molecular complexity index is 1890. The predicted octanol–water partition coefficient (Wildman–Crippen LogP) is 2.27. The number of sulfone groups is 1. The average molecular weight is 770 g/mol. The van der Waals surface area contributed by atoms with E-state index in [1.165, 1.54) is 40.0 Å². The Kier molecular flexibility index (Phi) is 11.3. The molecule has 0 spiro atoms. The van der Waals surface area contributed by atoms with E-state index in [1.54, 1.807) is 25.6 Å². The lowest BCUT2D eigenvalue weighted by Crippen LogP contribution is -2.63. The number of Topliss-reactive ketones (excluding diaryl/α,β-unsaturated/α-hetero) is 1. The third-order valence-electron chi connectivity index (χ3n) is 10.8. The quantitative estimate of drug-likeness (QED) is 0.210. The van der Waals surface area contributed by atoms with Gasteiger partial charge in [-0.3, -0.25) is 24.0 Å². The van der Waals surface area contributed by atoms with Gasteiger partial charge in [-0.25, -0.2) is 18.1 Å². The standard InChI is InChI=1S/C36H47N7O8S2/c1-35(2,49)29-20-38-41-43(29)24-19-28(33(47)40-36(30(44)31(37)45)14-16-52-17-15-36)42(21-24)34(48)27(18-22-6-4-3-5-7-22)39-32(46)23-8-10-25(11-9-23)53(50,51)26-12-13-26/h8-11,20,22,24,26,28,49H,3-7,12-19,21H2,1-2H3,(H2,37,45)(H,40,47)/b39-27+/t24-,28-/m0/s1. The Labute approximate surface area is 312 Å². The number of primary amides is 1. The van der Waals surface area contributed by atoms with E-state index in [4.69, 9.17) is 5.73 Å². The molecule has 2 aliphatic carbocycles. The van der Waals surface area contributed by atoms with Crippen LogP contribution in [0, 0.1) is 5.92 Å². The molecule has 2 atom stereocenters. The summed E-state index contributed by atoms with van der Waals surface area (Å²) in [7, 11) is -3.47. The van der Waals surface area contributed by atoms with E-state index in [0.29, 0.717) is 30.0 Å². The lowest BCUT2D eigenvalue weighted by molar-refractivity contribution is -0.143. The number of rotatable bonds is 12. The first-order valence-electron chi connectivity index (χ1n) is 18.2. The summed E-state index contributed by atoms with van der Waals surface area (Å²) >= 11 is 1.58. The molecule has 0 unspecified atom stereocenters. The smallest absolute Gasteiger partial charge is 0.287 e. The molecular weight excluding hydrogens is 723 g/mol. The molecule has 4 aliphatic rings. The monoisotopic (exact) mass is 769 g/mol. The number of carbonyl (C=O) groups is 5. The van der Waals surface area contributed by atoms with Gasteiger partial charge in [-0.15, -0.1) is 5.10 Å². The maximum absolute atomic E-state index is 14.7. The van der Waals surface area contributed by atoms with Gasteiger partial charge >= 0.3 is 0 Å². The van der Waals surface area contributed by atoms with Crippen molar-refractivity contribution in [1.29, 1.82) is 0 Å². The van der Waals surface area contributed by atoms with Crippen molar-refractivity contribution in [2.45, 2.75) is 118 Å². The van der Waals surface area contributed by atoms with E-state index >= 15 is 0 Å². The molecule has 1 aromatic carbocycles. The summed E-state index contributed by atoms with van der Waals surface area (Å²) in [6.45, 7) is 3.08. The number of nitrogens with zero attached hydrogens (tertiary/aromatic N) is 5. The summed E-state index contributed by atoms with van der Waals surface area (Å²) in [5.74, 6) is -2.99. The lowest BCUT2D eigenvalue weighted by atomic mass is 9.85. The molecule has 4 amide bonds. The summed E-state index contributed by atoms with van der Waals surface area (Å²) in [6, 6.07) is 3.76. The third kappa shape index (κ3) is 8.41. The second-order valence-electron chi connectivity index (χ2n) is 15.2. The maximum Gasteiger partial charge on any atom is 0.287 e. The fraction of sp³-hybridized carbons (Fsp3) is 0.611. The van der Waals surface area contributed by atoms with Crippen LogP contribution >= 0.6 is 11.8 Å². The maximum atomic E-state index is 14.7. The highest BCUT2D eigenvalue weighted by Crippen LogP contribution is 2.36. The zero-order chi connectivity index (χ0) is 38.1. The molecule has 6 rings (SSSR count). The highest BCUT2D eigenvalue weighted by atomic mass is 32.2. The Morgan fingerprint density at radius 2 is 1.70 bits per heavy atom. The van der Waals surface area contributed by atoms with E-state index in [9.17, 15) is 37.5 Å². The second-order valence-corrected chi connectivity index (χ2v) is 18.7. The number of nitrogens with two attached hydrogens (primary N) is 1. The van der Waals surface area contributed by atoms with E-state index in [-0.39, 0.29) is 54.3 Å². The van der Waals surface area contributed by atoms with Crippen molar-refractivity contribution in [2.24, 2.45) is 16.6 Å². The summed E-state index contributed by atoms with van der Waals surface area (Å²) < 4.78 is 27.0. The van der Waals surface area contributed by atoms with Crippen molar-refractivity contribution in [3.05, 3.63) is 41.7 Å². The number of thioether (sulfide) groups is 1. The Morgan fingerprint density at radius 1 is 1.04 bits per heavy atom. The van der Waals surface area contributed by atoms with E-state index in [2.05, 4.69) is 20.6 Å². The molecule has 2 saturated heterocycles. The van der Waals surface area contributed by atoms with Crippen LogP contribution in [0.2, 0.25) is 0 Å². The number of aromatic nitrogens is 3. The molecule has 3 heterocycles. The summed E-state index contributed by atoms with van der Waals surface area (Å²) in [6.07, 6.45) is 7.88. The first-order chi connectivity index (χ1) is 25.1. The number of aliphatic hydroxyl groups is 1. The van der Waals surface area contributed by atoms with Gasteiger partial charge in [-0.05, 0) is 87.6 Å². The van der Waals surface area contributed by atoms with Gasteiger partial charge in [-0.1, -0.05) is 37.3 Å². The topological polar surface area (TPSA) is 224 Å². The zero-order valence-electron chi connectivity index (χ0n) is 30.0. The Balaban J connectivity index is 1.35. The van der Waals surface area contributed by atoms with Crippen LogP contribution in [0.15, 0.2) is 40.4 Å². The Hall–Kier alpha value is -3.96. The first kappa shape index (κ1) is 38.8. The molecule has 17 heteroatoms. The number of ketones is 1. The molecular formula is C36H47N7O8S2. The van der Waals surface area contributed by atoms with Crippen LogP contribution in [-0.2, 0) is 34.6 Å². The van der Waals surface area contributed by atoms with E-state index in [1.807, 2.05) is 0 Å². The third-order valence-corrected chi connectivity index (χ3v) is 14.1. The van der Waals surface area contributed by atoms with Crippen LogP contribution in [0.5, 0.6) is 0 Å². The van der Waals surface area contributed by atoms with Crippen LogP contribution in [0.1, 0.15) is 107 Å². The van der Waals surface area contributed by atoms with Gasteiger partial charge in [0.25, 0.3) is 17.7 Å². The van der Waals surface area contributed by atoms with Crippen molar-refractivity contribution in [3.8, 4) is 0 Å².